The van der Waals surface area contributed by atoms with Gasteiger partial charge in [-0.15, -0.1) is 10.2 Å². The van der Waals surface area contributed by atoms with Crippen LogP contribution in [0.2, 0.25) is 0 Å². The summed E-state index contributed by atoms with van der Waals surface area (Å²) in [5.41, 5.74) is 0.871. The third kappa shape index (κ3) is 4.10. The van der Waals surface area contributed by atoms with E-state index in [-0.39, 0.29) is 12.3 Å². The topological polar surface area (TPSA) is 78.3 Å². The lowest BCUT2D eigenvalue weighted by Gasteiger charge is -2.10. The Morgan fingerprint density at radius 3 is 2.80 bits per heavy atom. The van der Waals surface area contributed by atoms with E-state index in [1.54, 1.807) is 20.3 Å². The van der Waals surface area contributed by atoms with Gasteiger partial charge in [-0.1, -0.05) is 12.5 Å². The zero-order valence-electron chi connectivity index (χ0n) is 14.7. The molecule has 1 aliphatic heterocycles. The van der Waals surface area contributed by atoms with Gasteiger partial charge in [-0.05, 0) is 30.5 Å². The predicted octanol–water partition coefficient (Wildman–Crippen LogP) is 1.88. The van der Waals surface area contributed by atoms with Crippen molar-refractivity contribution >= 4 is 5.91 Å². The van der Waals surface area contributed by atoms with E-state index >= 15 is 0 Å². The van der Waals surface area contributed by atoms with E-state index in [1.165, 1.54) is 6.42 Å². The largest absolute Gasteiger partial charge is 0.493 e. The molecule has 0 unspecified atom stereocenters. The zero-order valence-corrected chi connectivity index (χ0v) is 14.7. The fourth-order valence-corrected chi connectivity index (χ4v) is 3.09. The zero-order chi connectivity index (χ0) is 17.6. The summed E-state index contributed by atoms with van der Waals surface area (Å²) in [5.74, 6) is 3.07. The molecule has 1 N–H and O–H groups in total. The van der Waals surface area contributed by atoms with Gasteiger partial charge in [0.1, 0.15) is 5.82 Å². The Hall–Kier alpha value is -2.57. The minimum absolute atomic E-state index is 0.0572. The lowest BCUT2D eigenvalue weighted by atomic mass is 10.1. The van der Waals surface area contributed by atoms with Crippen molar-refractivity contribution in [1.29, 1.82) is 0 Å². The Bertz CT molecular complexity index is 742. The standard InChI is InChI=1S/C18H24N4O3/c1-24-14-8-7-13(10-15(14)25-2)11-18(23)19-12-17-21-20-16-6-4-3-5-9-22(16)17/h7-8,10H,3-6,9,11-12H2,1-2H3,(H,19,23). The van der Waals surface area contributed by atoms with Crippen LogP contribution in [0.5, 0.6) is 11.5 Å². The average Bonchev–Trinajstić information content (AvgIpc) is 2.86. The van der Waals surface area contributed by atoms with Crippen molar-refractivity contribution in [2.24, 2.45) is 0 Å². The van der Waals surface area contributed by atoms with Crippen molar-refractivity contribution in [2.75, 3.05) is 14.2 Å². The van der Waals surface area contributed by atoms with Crippen molar-refractivity contribution in [3.63, 3.8) is 0 Å². The number of nitrogens with one attached hydrogen (secondary N) is 1. The second kappa shape index (κ2) is 8.00. The number of ether oxygens (including phenoxy) is 2. The molecule has 25 heavy (non-hydrogen) atoms. The molecule has 0 fully saturated rings. The first-order valence-corrected chi connectivity index (χ1v) is 8.60. The Labute approximate surface area is 147 Å². The van der Waals surface area contributed by atoms with Crippen LogP contribution in [-0.2, 0) is 30.7 Å². The number of hydrogen-bond acceptors (Lipinski definition) is 5. The van der Waals surface area contributed by atoms with Gasteiger partial charge in [-0.3, -0.25) is 4.79 Å². The monoisotopic (exact) mass is 344 g/mol. The number of benzene rings is 1. The first-order chi connectivity index (χ1) is 12.2. The number of nitrogens with zero attached hydrogens (tertiary/aromatic N) is 3. The smallest absolute Gasteiger partial charge is 0.224 e. The highest BCUT2D eigenvalue weighted by Crippen LogP contribution is 2.27. The summed E-state index contributed by atoms with van der Waals surface area (Å²) in [6, 6.07) is 5.49. The maximum Gasteiger partial charge on any atom is 0.224 e. The summed E-state index contributed by atoms with van der Waals surface area (Å²) in [6.07, 6.45) is 4.75. The summed E-state index contributed by atoms with van der Waals surface area (Å²) in [6.45, 7) is 1.34. The number of rotatable bonds is 6. The van der Waals surface area contributed by atoms with E-state index in [2.05, 4.69) is 20.1 Å². The molecule has 0 bridgehead atoms. The molecule has 0 aliphatic carbocycles. The number of fused-ring (bicyclic) bond motifs is 1. The lowest BCUT2D eigenvalue weighted by molar-refractivity contribution is -0.120. The second-order valence-corrected chi connectivity index (χ2v) is 6.14. The minimum Gasteiger partial charge on any atom is -0.493 e. The Balaban J connectivity index is 1.59. The first-order valence-electron chi connectivity index (χ1n) is 8.60. The fourth-order valence-electron chi connectivity index (χ4n) is 3.09. The normalized spacial score (nSPS) is 13.7. The molecule has 2 aromatic rings. The molecular formula is C18H24N4O3. The molecule has 7 heteroatoms. The van der Waals surface area contributed by atoms with Gasteiger partial charge in [-0.25, -0.2) is 0 Å². The predicted molar refractivity (Wildman–Crippen MR) is 92.7 cm³/mol. The number of hydrogen-bond donors (Lipinski definition) is 1. The molecule has 3 rings (SSSR count). The molecule has 0 saturated heterocycles. The van der Waals surface area contributed by atoms with Crippen molar-refractivity contribution in [1.82, 2.24) is 20.1 Å². The number of carbonyl (C=O) groups excluding carboxylic acids is 1. The van der Waals surface area contributed by atoms with Gasteiger partial charge in [-0.2, -0.15) is 0 Å². The van der Waals surface area contributed by atoms with Crippen LogP contribution in [0.4, 0.5) is 0 Å². The van der Waals surface area contributed by atoms with Crippen molar-refractivity contribution in [2.45, 2.75) is 45.2 Å². The van der Waals surface area contributed by atoms with E-state index in [0.717, 1.165) is 43.0 Å². The van der Waals surface area contributed by atoms with Gasteiger partial charge < -0.3 is 19.4 Å². The van der Waals surface area contributed by atoms with Crippen LogP contribution in [-0.4, -0.2) is 34.9 Å². The third-order valence-electron chi connectivity index (χ3n) is 4.44. The molecule has 2 heterocycles. The molecule has 0 spiro atoms. The van der Waals surface area contributed by atoms with Crippen LogP contribution in [0, 0.1) is 0 Å². The number of aryl methyl sites for hydroxylation is 1. The van der Waals surface area contributed by atoms with Crippen molar-refractivity contribution in [3.05, 3.63) is 35.4 Å². The summed E-state index contributed by atoms with van der Waals surface area (Å²) in [7, 11) is 3.17. The van der Waals surface area contributed by atoms with Crippen LogP contribution in [0.1, 0.15) is 36.5 Å². The SMILES string of the molecule is COc1ccc(CC(=O)NCc2nnc3n2CCCCC3)cc1OC. The van der Waals surface area contributed by atoms with Gasteiger partial charge in [0.25, 0.3) is 0 Å². The van der Waals surface area contributed by atoms with E-state index in [4.69, 9.17) is 9.47 Å². The molecule has 1 amide bonds. The molecule has 7 nitrogen and oxygen atoms in total. The van der Waals surface area contributed by atoms with Gasteiger partial charge in [0.05, 0.1) is 27.2 Å². The summed E-state index contributed by atoms with van der Waals surface area (Å²) in [5, 5.41) is 11.4. The highest BCUT2D eigenvalue weighted by Gasteiger charge is 2.15. The van der Waals surface area contributed by atoms with Gasteiger partial charge in [0, 0.05) is 13.0 Å². The molecule has 0 radical (unpaired) electrons. The van der Waals surface area contributed by atoms with Gasteiger partial charge in [0.2, 0.25) is 5.91 Å². The summed E-state index contributed by atoms with van der Waals surface area (Å²) < 4.78 is 12.6. The van der Waals surface area contributed by atoms with Gasteiger partial charge >= 0.3 is 0 Å². The Morgan fingerprint density at radius 2 is 2.00 bits per heavy atom. The molecule has 1 aromatic carbocycles. The van der Waals surface area contributed by atoms with E-state index in [1.807, 2.05) is 12.1 Å². The van der Waals surface area contributed by atoms with E-state index in [9.17, 15) is 4.79 Å². The van der Waals surface area contributed by atoms with Crippen LogP contribution in [0.3, 0.4) is 0 Å². The third-order valence-corrected chi connectivity index (χ3v) is 4.44. The summed E-state index contributed by atoms with van der Waals surface area (Å²) in [4.78, 5) is 12.3. The number of amides is 1. The van der Waals surface area contributed by atoms with Crippen molar-refractivity contribution in [3.8, 4) is 11.5 Å². The highest BCUT2D eigenvalue weighted by molar-refractivity contribution is 5.78. The van der Waals surface area contributed by atoms with E-state index < -0.39 is 0 Å². The molecule has 1 aliphatic rings. The first kappa shape index (κ1) is 17.3. The lowest BCUT2D eigenvalue weighted by Crippen LogP contribution is -2.26. The Kier molecular flexibility index (Phi) is 5.53. The summed E-state index contributed by atoms with van der Waals surface area (Å²) >= 11 is 0. The highest BCUT2D eigenvalue weighted by atomic mass is 16.5. The number of methoxy groups -OCH3 is 2. The van der Waals surface area contributed by atoms with E-state index in [0.29, 0.717) is 18.0 Å². The number of carbonyl (C=O) groups is 1. The Morgan fingerprint density at radius 1 is 1.16 bits per heavy atom. The number of aromatic nitrogens is 3. The fraction of sp³-hybridized carbons (Fsp3) is 0.500. The maximum atomic E-state index is 12.3. The quantitative estimate of drug-likeness (QED) is 0.866. The molecule has 134 valence electrons. The van der Waals surface area contributed by atoms with Crippen molar-refractivity contribution < 1.29 is 14.3 Å². The van der Waals surface area contributed by atoms with Gasteiger partial charge in [0.15, 0.2) is 17.3 Å². The second-order valence-electron chi connectivity index (χ2n) is 6.14. The van der Waals surface area contributed by atoms with Crippen LogP contribution < -0.4 is 14.8 Å². The molecule has 0 atom stereocenters. The average molecular weight is 344 g/mol. The van der Waals surface area contributed by atoms with Crippen LogP contribution in [0.15, 0.2) is 18.2 Å². The maximum absolute atomic E-state index is 12.3. The minimum atomic E-state index is -0.0572. The molecule has 1 aromatic heterocycles. The molecule has 0 saturated carbocycles. The van der Waals surface area contributed by atoms with Crippen LogP contribution >= 0.6 is 0 Å². The molecular weight excluding hydrogens is 320 g/mol. The van der Waals surface area contributed by atoms with Crippen LogP contribution in [0.25, 0.3) is 0 Å².